The third-order valence-corrected chi connectivity index (χ3v) is 3.40. The van der Waals surface area contributed by atoms with Gasteiger partial charge < -0.3 is 15.3 Å². The van der Waals surface area contributed by atoms with Crippen molar-refractivity contribution < 1.29 is 19.5 Å². The third kappa shape index (κ3) is 4.30. The highest BCUT2D eigenvalue weighted by molar-refractivity contribution is 5.96. The number of likely N-dealkylation sites (tertiary alicyclic amines) is 1. The highest BCUT2D eigenvalue weighted by Gasteiger charge is 2.19. The largest absolute Gasteiger partial charge is 0.478 e. The number of rotatable bonds is 4. The number of anilines is 1. The fourth-order valence-corrected chi connectivity index (χ4v) is 2.31. The second kappa shape index (κ2) is 6.88. The monoisotopic (exact) mass is 290 g/mol. The van der Waals surface area contributed by atoms with Crippen molar-refractivity contribution in [3.8, 4) is 0 Å². The van der Waals surface area contributed by atoms with E-state index in [1.54, 1.807) is 17.0 Å². The number of carbonyl (C=O) groups excluding carboxylic acids is 2. The molecule has 1 saturated heterocycles. The number of hydrogen-bond acceptors (Lipinski definition) is 3. The molecule has 6 heteroatoms. The zero-order chi connectivity index (χ0) is 15.2. The first-order valence-electron chi connectivity index (χ1n) is 6.97. The molecule has 2 rings (SSSR count). The summed E-state index contributed by atoms with van der Waals surface area (Å²) in [5, 5.41) is 11.5. The van der Waals surface area contributed by atoms with Gasteiger partial charge in [0.25, 0.3) is 0 Å². The molecular weight excluding hydrogens is 272 g/mol. The highest BCUT2D eigenvalue weighted by atomic mass is 16.4. The molecule has 0 spiro atoms. The Morgan fingerprint density at radius 3 is 2.81 bits per heavy atom. The Morgan fingerprint density at radius 1 is 1.24 bits per heavy atom. The maximum atomic E-state index is 12.0. The zero-order valence-corrected chi connectivity index (χ0v) is 11.7. The minimum atomic E-state index is -1.05. The Kier molecular flexibility index (Phi) is 4.92. The van der Waals surface area contributed by atoms with Crippen molar-refractivity contribution in [3.63, 3.8) is 0 Å². The van der Waals surface area contributed by atoms with Gasteiger partial charge in [-0.1, -0.05) is 12.5 Å². The van der Waals surface area contributed by atoms with Gasteiger partial charge in [-0.15, -0.1) is 0 Å². The van der Waals surface area contributed by atoms with E-state index < -0.39 is 5.97 Å². The van der Waals surface area contributed by atoms with Crippen LogP contribution in [0.15, 0.2) is 24.3 Å². The number of carbonyl (C=O) groups is 3. The SMILES string of the molecule is O=C(CN1CCCCCC1=O)Nc1cccc(C(=O)O)c1. The van der Waals surface area contributed by atoms with Gasteiger partial charge in [0, 0.05) is 18.7 Å². The fourth-order valence-electron chi connectivity index (χ4n) is 2.31. The van der Waals surface area contributed by atoms with Gasteiger partial charge in [-0.3, -0.25) is 9.59 Å². The molecule has 1 fully saturated rings. The first-order valence-corrected chi connectivity index (χ1v) is 6.97. The highest BCUT2D eigenvalue weighted by Crippen LogP contribution is 2.13. The Labute approximate surface area is 122 Å². The number of carboxylic acid groups (broad SMARTS) is 1. The molecule has 0 atom stereocenters. The summed E-state index contributed by atoms with van der Waals surface area (Å²) >= 11 is 0. The van der Waals surface area contributed by atoms with E-state index in [9.17, 15) is 14.4 Å². The topological polar surface area (TPSA) is 86.7 Å². The fraction of sp³-hybridized carbons (Fsp3) is 0.400. The summed E-state index contributed by atoms with van der Waals surface area (Å²) in [5.41, 5.74) is 0.529. The summed E-state index contributed by atoms with van der Waals surface area (Å²) in [4.78, 5) is 36.2. The lowest BCUT2D eigenvalue weighted by Gasteiger charge is -2.19. The molecule has 0 radical (unpaired) electrons. The molecule has 1 aromatic carbocycles. The van der Waals surface area contributed by atoms with Crippen LogP contribution in [0.25, 0.3) is 0 Å². The number of aromatic carboxylic acids is 1. The van der Waals surface area contributed by atoms with E-state index in [1.807, 2.05) is 0 Å². The van der Waals surface area contributed by atoms with Crippen molar-refractivity contribution in [2.45, 2.75) is 25.7 Å². The summed E-state index contributed by atoms with van der Waals surface area (Å²) in [6.07, 6.45) is 3.28. The standard InChI is InChI=1S/C15H18N2O4/c18-13(10-17-8-3-1-2-7-14(17)19)16-12-6-4-5-11(9-12)15(20)21/h4-6,9H,1-3,7-8,10H2,(H,16,18)(H,20,21). The Bertz CT molecular complexity index is 556. The van der Waals surface area contributed by atoms with Gasteiger partial charge in [-0.05, 0) is 31.0 Å². The zero-order valence-electron chi connectivity index (χ0n) is 11.7. The van der Waals surface area contributed by atoms with Gasteiger partial charge in [0.15, 0.2) is 0 Å². The summed E-state index contributed by atoms with van der Waals surface area (Å²) in [5.74, 6) is -1.36. The molecule has 2 N–H and O–H groups in total. The molecule has 6 nitrogen and oxygen atoms in total. The second-order valence-electron chi connectivity index (χ2n) is 5.06. The van der Waals surface area contributed by atoms with Gasteiger partial charge in [-0.2, -0.15) is 0 Å². The van der Waals surface area contributed by atoms with Crippen molar-refractivity contribution >= 4 is 23.5 Å². The first kappa shape index (κ1) is 15.0. The minimum absolute atomic E-state index is 0.00179. The molecule has 0 unspecified atom stereocenters. The summed E-state index contributed by atoms with van der Waals surface area (Å²) < 4.78 is 0. The van der Waals surface area contributed by atoms with Crippen molar-refractivity contribution in [1.29, 1.82) is 0 Å². The number of amides is 2. The predicted molar refractivity (Wildman–Crippen MR) is 77.1 cm³/mol. The smallest absolute Gasteiger partial charge is 0.335 e. The van der Waals surface area contributed by atoms with E-state index in [2.05, 4.69) is 5.32 Å². The van der Waals surface area contributed by atoms with Gasteiger partial charge in [0.1, 0.15) is 0 Å². The molecule has 21 heavy (non-hydrogen) atoms. The van der Waals surface area contributed by atoms with Crippen molar-refractivity contribution in [2.24, 2.45) is 0 Å². The summed E-state index contributed by atoms with van der Waals surface area (Å²) in [6.45, 7) is 0.609. The molecule has 0 aliphatic carbocycles. The molecule has 1 aliphatic heterocycles. The number of nitrogens with zero attached hydrogens (tertiary/aromatic N) is 1. The Balaban J connectivity index is 1.96. The van der Waals surface area contributed by atoms with Crippen LogP contribution in [-0.2, 0) is 9.59 Å². The number of benzene rings is 1. The van der Waals surface area contributed by atoms with Crippen LogP contribution in [0.3, 0.4) is 0 Å². The Morgan fingerprint density at radius 2 is 2.05 bits per heavy atom. The van der Waals surface area contributed by atoms with Crippen LogP contribution in [0.5, 0.6) is 0 Å². The van der Waals surface area contributed by atoms with Gasteiger partial charge >= 0.3 is 5.97 Å². The number of hydrogen-bond donors (Lipinski definition) is 2. The Hall–Kier alpha value is -2.37. The van der Waals surface area contributed by atoms with Crippen molar-refractivity contribution in [1.82, 2.24) is 4.90 Å². The summed E-state index contributed by atoms with van der Waals surface area (Å²) in [7, 11) is 0. The molecule has 1 aliphatic rings. The maximum absolute atomic E-state index is 12.0. The predicted octanol–water partition coefficient (Wildman–Crippen LogP) is 1.73. The van der Waals surface area contributed by atoms with E-state index in [-0.39, 0.29) is 23.9 Å². The van der Waals surface area contributed by atoms with Crippen LogP contribution in [0.4, 0.5) is 5.69 Å². The van der Waals surface area contributed by atoms with Gasteiger partial charge in [0.05, 0.1) is 12.1 Å². The van der Waals surface area contributed by atoms with Gasteiger partial charge in [0.2, 0.25) is 11.8 Å². The van der Waals surface area contributed by atoms with Crippen LogP contribution in [-0.4, -0.2) is 40.9 Å². The second-order valence-corrected chi connectivity index (χ2v) is 5.06. The van der Waals surface area contributed by atoms with Crippen LogP contribution < -0.4 is 5.32 Å². The number of carboxylic acids is 1. The molecular formula is C15H18N2O4. The van der Waals surface area contributed by atoms with Crippen LogP contribution in [0.1, 0.15) is 36.0 Å². The van der Waals surface area contributed by atoms with Crippen molar-refractivity contribution in [2.75, 3.05) is 18.4 Å². The van der Waals surface area contributed by atoms with Crippen LogP contribution in [0, 0.1) is 0 Å². The molecule has 112 valence electrons. The normalized spacial score (nSPS) is 15.4. The van der Waals surface area contributed by atoms with E-state index in [1.165, 1.54) is 12.1 Å². The third-order valence-electron chi connectivity index (χ3n) is 3.40. The summed E-state index contributed by atoms with van der Waals surface area (Å²) in [6, 6.07) is 6.03. The first-order chi connectivity index (χ1) is 10.1. The van der Waals surface area contributed by atoms with E-state index in [0.717, 1.165) is 19.3 Å². The van der Waals surface area contributed by atoms with Crippen LogP contribution >= 0.6 is 0 Å². The molecule has 1 heterocycles. The van der Waals surface area contributed by atoms with E-state index >= 15 is 0 Å². The molecule has 0 saturated carbocycles. The lowest BCUT2D eigenvalue weighted by Crippen LogP contribution is -2.37. The molecule has 1 aromatic rings. The average Bonchev–Trinajstić information content (AvgIpc) is 2.64. The maximum Gasteiger partial charge on any atom is 0.335 e. The van der Waals surface area contributed by atoms with E-state index in [0.29, 0.717) is 18.7 Å². The van der Waals surface area contributed by atoms with Gasteiger partial charge in [-0.25, -0.2) is 4.79 Å². The molecule has 0 bridgehead atoms. The minimum Gasteiger partial charge on any atom is -0.478 e. The number of nitrogens with one attached hydrogen (secondary N) is 1. The lowest BCUT2D eigenvalue weighted by molar-refractivity contribution is -0.134. The van der Waals surface area contributed by atoms with Crippen LogP contribution in [0.2, 0.25) is 0 Å². The van der Waals surface area contributed by atoms with Crippen molar-refractivity contribution in [3.05, 3.63) is 29.8 Å². The molecule has 0 aromatic heterocycles. The average molecular weight is 290 g/mol. The quantitative estimate of drug-likeness (QED) is 0.884. The van der Waals surface area contributed by atoms with E-state index in [4.69, 9.17) is 5.11 Å². The lowest BCUT2D eigenvalue weighted by atomic mass is 10.2. The molecule has 2 amide bonds.